The van der Waals surface area contributed by atoms with Gasteiger partial charge in [0.05, 0.1) is 0 Å². The molecule has 6 nitrogen and oxygen atoms in total. The standard InChI is InChI=1S/C20H26N4O2.2ClH/c1-3-22-15(2)13-23-20(26)18(12-16-8-7-11-21-14-16)24-19(25)17-9-5-4-6-10-17;;/h4-11,14-15,18,22H,3,12-13H2,1-2H3,(H,23,26)(H,24,25);2*1H/t15-,18?;;/m1../s1. The average molecular weight is 427 g/mol. The van der Waals surface area contributed by atoms with Crippen LogP contribution in [0.25, 0.3) is 0 Å². The molecule has 1 unspecified atom stereocenters. The van der Waals surface area contributed by atoms with E-state index in [0.29, 0.717) is 18.5 Å². The molecular formula is C20H28Cl2N4O2. The molecule has 8 heteroatoms. The molecule has 2 rings (SSSR count). The molecule has 2 amide bonds. The van der Waals surface area contributed by atoms with Crippen LogP contribution in [0.1, 0.15) is 29.8 Å². The molecule has 0 fully saturated rings. The number of amides is 2. The van der Waals surface area contributed by atoms with Crippen molar-refractivity contribution in [2.75, 3.05) is 13.1 Å². The highest BCUT2D eigenvalue weighted by Crippen LogP contribution is 2.05. The third-order valence-corrected chi connectivity index (χ3v) is 3.96. The van der Waals surface area contributed by atoms with Gasteiger partial charge in [-0.25, -0.2) is 0 Å². The Kier molecular flexibility index (Phi) is 12.9. The minimum absolute atomic E-state index is 0. The van der Waals surface area contributed by atoms with E-state index in [2.05, 4.69) is 20.9 Å². The van der Waals surface area contributed by atoms with Gasteiger partial charge in [0.15, 0.2) is 0 Å². The molecule has 2 atom stereocenters. The Labute approximate surface area is 178 Å². The van der Waals surface area contributed by atoms with Gasteiger partial charge in [0.1, 0.15) is 6.04 Å². The van der Waals surface area contributed by atoms with Crippen LogP contribution in [0.15, 0.2) is 54.9 Å². The van der Waals surface area contributed by atoms with Gasteiger partial charge in [-0.15, -0.1) is 24.8 Å². The first-order chi connectivity index (χ1) is 12.6. The summed E-state index contributed by atoms with van der Waals surface area (Å²) in [5.41, 5.74) is 1.42. The lowest BCUT2D eigenvalue weighted by Crippen LogP contribution is -2.50. The van der Waals surface area contributed by atoms with Gasteiger partial charge in [-0.2, -0.15) is 0 Å². The molecule has 0 aliphatic carbocycles. The van der Waals surface area contributed by atoms with Crippen molar-refractivity contribution in [3.05, 3.63) is 66.0 Å². The maximum atomic E-state index is 12.6. The normalized spacial score (nSPS) is 11.9. The summed E-state index contributed by atoms with van der Waals surface area (Å²) < 4.78 is 0. The number of benzene rings is 1. The first-order valence-electron chi connectivity index (χ1n) is 8.86. The highest BCUT2D eigenvalue weighted by molar-refractivity contribution is 5.97. The third-order valence-electron chi connectivity index (χ3n) is 3.96. The fourth-order valence-corrected chi connectivity index (χ4v) is 2.59. The summed E-state index contributed by atoms with van der Waals surface area (Å²) in [5.74, 6) is -0.475. The Morgan fingerprint density at radius 3 is 2.39 bits per heavy atom. The molecule has 28 heavy (non-hydrogen) atoms. The Morgan fingerprint density at radius 1 is 1.07 bits per heavy atom. The molecule has 1 heterocycles. The monoisotopic (exact) mass is 426 g/mol. The van der Waals surface area contributed by atoms with Crippen molar-refractivity contribution in [2.24, 2.45) is 0 Å². The van der Waals surface area contributed by atoms with E-state index in [-0.39, 0.29) is 42.7 Å². The highest BCUT2D eigenvalue weighted by Gasteiger charge is 2.22. The van der Waals surface area contributed by atoms with E-state index in [9.17, 15) is 9.59 Å². The molecule has 0 saturated heterocycles. The smallest absolute Gasteiger partial charge is 0.251 e. The largest absolute Gasteiger partial charge is 0.353 e. The molecule has 0 bridgehead atoms. The van der Waals surface area contributed by atoms with Crippen molar-refractivity contribution in [2.45, 2.75) is 32.4 Å². The maximum Gasteiger partial charge on any atom is 0.251 e. The fourth-order valence-electron chi connectivity index (χ4n) is 2.59. The predicted molar refractivity (Wildman–Crippen MR) is 116 cm³/mol. The van der Waals surface area contributed by atoms with Gasteiger partial charge >= 0.3 is 0 Å². The number of likely N-dealkylation sites (N-methyl/N-ethyl adjacent to an activating group) is 1. The van der Waals surface area contributed by atoms with E-state index in [1.807, 2.05) is 32.0 Å². The van der Waals surface area contributed by atoms with Gasteiger partial charge in [0.2, 0.25) is 5.91 Å². The van der Waals surface area contributed by atoms with E-state index in [1.165, 1.54) is 0 Å². The number of nitrogens with one attached hydrogen (secondary N) is 3. The van der Waals surface area contributed by atoms with Gasteiger partial charge in [0.25, 0.3) is 5.91 Å². The molecule has 0 aliphatic rings. The van der Waals surface area contributed by atoms with E-state index in [0.717, 1.165) is 12.1 Å². The predicted octanol–water partition coefficient (Wildman–Crippen LogP) is 2.38. The molecule has 2 aromatic rings. The molecule has 3 N–H and O–H groups in total. The Morgan fingerprint density at radius 2 is 1.79 bits per heavy atom. The zero-order chi connectivity index (χ0) is 18.8. The summed E-state index contributed by atoms with van der Waals surface area (Å²) in [6.07, 6.45) is 3.77. The lowest BCUT2D eigenvalue weighted by Gasteiger charge is -2.20. The number of carbonyl (C=O) groups excluding carboxylic acids is 2. The first-order valence-corrected chi connectivity index (χ1v) is 8.86. The van der Waals surface area contributed by atoms with E-state index < -0.39 is 6.04 Å². The second-order valence-corrected chi connectivity index (χ2v) is 6.16. The van der Waals surface area contributed by atoms with Gasteiger partial charge in [0, 0.05) is 37.0 Å². The summed E-state index contributed by atoms with van der Waals surface area (Å²) in [5, 5.41) is 8.99. The number of aromatic nitrogens is 1. The van der Waals surface area contributed by atoms with Crippen molar-refractivity contribution >= 4 is 36.6 Å². The summed E-state index contributed by atoms with van der Waals surface area (Å²) in [6.45, 7) is 5.35. The number of pyridine rings is 1. The van der Waals surface area contributed by atoms with Gasteiger partial charge in [-0.3, -0.25) is 14.6 Å². The number of hydrogen-bond acceptors (Lipinski definition) is 4. The van der Waals surface area contributed by atoms with Crippen molar-refractivity contribution in [1.29, 1.82) is 0 Å². The molecule has 0 saturated carbocycles. The van der Waals surface area contributed by atoms with Gasteiger partial charge < -0.3 is 16.0 Å². The lowest BCUT2D eigenvalue weighted by molar-refractivity contribution is -0.123. The number of hydrogen-bond donors (Lipinski definition) is 3. The molecule has 1 aromatic carbocycles. The van der Waals surface area contributed by atoms with E-state index in [4.69, 9.17) is 0 Å². The summed E-state index contributed by atoms with van der Waals surface area (Å²) >= 11 is 0. The van der Waals surface area contributed by atoms with Crippen LogP contribution in [0.4, 0.5) is 0 Å². The Balaban J connectivity index is 0.00000364. The van der Waals surface area contributed by atoms with Crippen molar-refractivity contribution in [3.8, 4) is 0 Å². The Bertz CT molecular complexity index is 702. The number of rotatable bonds is 9. The molecule has 1 aromatic heterocycles. The van der Waals surface area contributed by atoms with Gasteiger partial charge in [-0.1, -0.05) is 31.2 Å². The zero-order valence-corrected chi connectivity index (χ0v) is 17.7. The van der Waals surface area contributed by atoms with Crippen LogP contribution in [0, 0.1) is 0 Å². The van der Waals surface area contributed by atoms with Crippen molar-refractivity contribution in [3.63, 3.8) is 0 Å². The van der Waals surface area contributed by atoms with Crippen LogP contribution in [0.3, 0.4) is 0 Å². The molecule has 154 valence electrons. The minimum Gasteiger partial charge on any atom is -0.353 e. The van der Waals surface area contributed by atoms with Crippen LogP contribution in [0.5, 0.6) is 0 Å². The minimum atomic E-state index is -0.666. The number of halogens is 2. The second-order valence-electron chi connectivity index (χ2n) is 6.16. The highest BCUT2D eigenvalue weighted by atomic mass is 35.5. The van der Waals surface area contributed by atoms with Crippen LogP contribution < -0.4 is 16.0 Å². The lowest BCUT2D eigenvalue weighted by atomic mass is 10.1. The van der Waals surface area contributed by atoms with Crippen LogP contribution in [-0.4, -0.2) is 42.0 Å². The van der Waals surface area contributed by atoms with Crippen molar-refractivity contribution < 1.29 is 9.59 Å². The summed E-state index contributed by atoms with van der Waals surface area (Å²) in [6, 6.07) is 12.1. The van der Waals surface area contributed by atoms with Crippen LogP contribution in [0.2, 0.25) is 0 Å². The molecule has 0 radical (unpaired) electrons. The Hall–Kier alpha value is -2.15. The first kappa shape index (κ1) is 25.9. The maximum absolute atomic E-state index is 12.6. The zero-order valence-electron chi connectivity index (χ0n) is 16.1. The topological polar surface area (TPSA) is 83.1 Å². The fraction of sp³-hybridized carbons (Fsp3) is 0.350. The summed E-state index contributed by atoms with van der Waals surface area (Å²) in [4.78, 5) is 29.2. The molecule has 0 spiro atoms. The van der Waals surface area contributed by atoms with Crippen molar-refractivity contribution in [1.82, 2.24) is 20.9 Å². The van der Waals surface area contributed by atoms with Crippen LogP contribution >= 0.6 is 24.8 Å². The summed E-state index contributed by atoms with van der Waals surface area (Å²) in [7, 11) is 0. The number of carbonyl (C=O) groups is 2. The van der Waals surface area contributed by atoms with Crippen LogP contribution in [-0.2, 0) is 11.2 Å². The van der Waals surface area contributed by atoms with E-state index >= 15 is 0 Å². The SMILES string of the molecule is CCN[C@H](C)CNC(=O)C(Cc1cccnc1)NC(=O)c1ccccc1.Cl.Cl. The number of nitrogens with zero attached hydrogens (tertiary/aromatic N) is 1. The average Bonchev–Trinajstić information content (AvgIpc) is 2.67. The van der Waals surface area contributed by atoms with Gasteiger partial charge in [-0.05, 0) is 37.2 Å². The molecule has 0 aliphatic heterocycles. The quantitative estimate of drug-likeness (QED) is 0.574. The second kappa shape index (κ2) is 13.9. The molecular weight excluding hydrogens is 399 g/mol. The van der Waals surface area contributed by atoms with E-state index in [1.54, 1.807) is 36.7 Å². The third kappa shape index (κ3) is 8.69.